The summed E-state index contributed by atoms with van der Waals surface area (Å²) in [6.45, 7) is 4.35. The number of anilines is 2. The molecule has 17 heavy (non-hydrogen) atoms. The number of hydrogen-bond donors (Lipinski definition) is 2. The Kier molecular flexibility index (Phi) is 2.63. The molecule has 5 heteroatoms. The van der Waals surface area contributed by atoms with Gasteiger partial charge in [0, 0.05) is 36.9 Å². The Hall–Kier alpha value is -1.36. The van der Waals surface area contributed by atoms with E-state index in [9.17, 15) is 0 Å². The van der Waals surface area contributed by atoms with Gasteiger partial charge in [0.1, 0.15) is 5.82 Å². The fourth-order valence-corrected chi connectivity index (χ4v) is 2.47. The Balaban J connectivity index is 1.64. The summed E-state index contributed by atoms with van der Waals surface area (Å²) in [4.78, 5) is 10.8. The molecule has 1 aliphatic carbocycles. The van der Waals surface area contributed by atoms with Crippen LogP contribution in [-0.2, 0) is 0 Å². The van der Waals surface area contributed by atoms with Crippen LogP contribution in [0.1, 0.15) is 24.8 Å². The maximum absolute atomic E-state index is 5.61. The van der Waals surface area contributed by atoms with Crippen LogP contribution in [0, 0.1) is 6.92 Å². The van der Waals surface area contributed by atoms with Gasteiger partial charge in [0.05, 0.1) is 0 Å². The van der Waals surface area contributed by atoms with E-state index in [-0.39, 0.29) is 0 Å². The Morgan fingerprint density at radius 3 is 3.00 bits per heavy atom. The maximum atomic E-state index is 5.61. The number of nitrogen functional groups attached to an aromatic ring is 1. The average Bonchev–Trinajstić information content (AvgIpc) is 3.05. The zero-order valence-corrected chi connectivity index (χ0v) is 10.2. The summed E-state index contributed by atoms with van der Waals surface area (Å²) in [6, 6.07) is 1.36. The molecule has 3 N–H and O–H groups in total. The third-order valence-corrected chi connectivity index (χ3v) is 3.61. The van der Waals surface area contributed by atoms with E-state index in [4.69, 9.17) is 5.73 Å². The second-order valence-electron chi connectivity index (χ2n) is 5.12. The van der Waals surface area contributed by atoms with E-state index in [1.807, 2.05) is 6.92 Å². The van der Waals surface area contributed by atoms with Crippen molar-refractivity contribution in [1.29, 1.82) is 0 Å². The molecule has 0 spiro atoms. The van der Waals surface area contributed by atoms with Gasteiger partial charge in [-0.05, 0) is 26.2 Å². The minimum Gasteiger partial charge on any atom is -0.368 e. The molecule has 1 aromatic heterocycles. The Morgan fingerprint density at radius 1 is 1.41 bits per heavy atom. The monoisotopic (exact) mass is 233 g/mol. The lowest BCUT2D eigenvalue weighted by Crippen LogP contribution is -2.28. The molecule has 92 valence electrons. The van der Waals surface area contributed by atoms with Gasteiger partial charge in [0.15, 0.2) is 0 Å². The lowest BCUT2D eigenvalue weighted by molar-refractivity contribution is 0.326. The number of hydrogen-bond acceptors (Lipinski definition) is 5. The lowest BCUT2D eigenvalue weighted by atomic mass is 10.2. The van der Waals surface area contributed by atoms with Gasteiger partial charge in [-0.15, -0.1) is 0 Å². The van der Waals surface area contributed by atoms with Crippen molar-refractivity contribution in [1.82, 2.24) is 14.9 Å². The van der Waals surface area contributed by atoms with Crippen LogP contribution in [0.15, 0.2) is 6.20 Å². The summed E-state index contributed by atoms with van der Waals surface area (Å²) in [6.07, 6.45) is 5.73. The molecule has 0 bridgehead atoms. The predicted octanol–water partition coefficient (Wildman–Crippen LogP) is 1.02. The molecular formula is C12H19N5. The highest BCUT2D eigenvalue weighted by atomic mass is 15.2. The van der Waals surface area contributed by atoms with Crippen molar-refractivity contribution in [2.24, 2.45) is 0 Å². The Labute approximate surface area is 101 Å². The summed E-state index contributed by atoms with van der Waals surface area (Å²) in [5, 5.41) is 3.49. The van der Waals surface area contributed by atoms with E-state index in [0.717, 1.165) is 24.0 Å². The van der Waals surface area contributed by atoms with Crippen LogP contribution >= 0.6 is 0 Å². The van der Waals surface area contributed by atoms with Crippen LogP contribution in [0.2, 0.25) is 0 Å². The molecule has 2 aliphatic rings. The first-order valence-electron chi connectivity index (χ1n) is 6.32. The largest absolute Gasteiger partial charge is 0.368 e. The molecule has 1 aliphatic heterocycles. The number of rotatable bonds is 3. The summed E-state index contributed by atoms with van der Waals surface area (Å²) < 4.78 is 0. The fourth-order valence-electron chi connectivity index (χ4n) is 2.47. The van der Waals surface area contributed by atoms with Crippen molar-refractivity contribution in [3.8, 4) is 0 Å². The molecule has 2 fully saturated rings. The smallest absolute Gasteiger partial charge is 0.221 e. The average molecular weight is 233 g/mol. The van der Waals surface area contributed by atoms with Crippen LogP contribution in [0.25, 0.3) is 0 Å². The molecule has 0 radical (unpaired) electrons. The zero-order chi connectivity index (χ0) is 11.8. The van der Waals surface area contributed by atoms with E-state index in [0.29, 0.717) is 12.0 Å². The van der Waals surface area contributed by atoms with Gasteiger partial charge in [-0.1, -0.05) is 0 Å². The lowest BCUT2D eigenvalue weighted by Gasteiger charge is -2.17. The van der Waals surface area contributed by atoms with Gasteiger partial charge in [-0.3, -0.25) is 4.90 Å². The quantitative estimate of drug-likeness (QED) is 0.815. The highest BCUT2D eigenvalue weighted by Crippen LogP contribution is 2.30. The highest BCUT2D eigenvalue weighted by Gasteiger charge is 2.34. The van der Waals surface area contributed by atoms with Crippen LogP contribution < -0.4 is 11.1 Å². The van der Waals surface area contributed by atoms with Crippen LogP contribution in [0.5, 0.6) is 0 Å². The highest BCUT2D eigenvalue weighted by molar-refractivity contribution is 5.46. The first-order valence-corrected chi connectivity index (χ1v) is 6.32. The summed E-state index contributed by atoms with van der Waals surface area (Å²) in [5.41, 5.74) is 6.67. The van der Waals surface area contributed by atoms with E-state index < -0.39 is 0 Å². The third kappa shape index (κ3) is 2.34. The number of nitrogens with zero attached hydrogens (tertiary/aromatic N) is 3. The molecule has 3 rings (SSSR count). The molecule has 5 nitrogen and oxygen atoms in total. The minimum absolute atomic E-state index is 0.343. The van der Waals surface area contributed by atoms with E-state index in [1.165, 1.54) is 25.8 Å². The summed E-state index contributed by atoms with van der Waals surface area (Å²) in [5.74, 6) is 1.23. The van der Waals surface area contributed by atoms with Gasteiger partial charge in [-0.2, -0.15) is 4.98 Å². The second-order valence-corrected chi connectivity index (χ2v) is 5.12. The van der Waals surface area contributed by atoms with Gasteiger partial charge >= 0.3 is 0 Å². The van der Waals surface area contributed by atoms with Crippen molar-refractivity contribution in [2.45, 2.75) is 38.3 Å². The third-order valence-electron chi connectivity index (χ3n) is 3.61. The molecule has 1 atom stereocenters. The van der Waals surface area contributed by atoms with Crippen LogP contribution in [0.4, 0.5) is 11.8 Å². The minimum atomic E-state index is 0.343. The number of likely N-dealkylation sites (tertiary alicyclic amines) is 1. The van der Waals surface area contributed by atoms with Gasteiger partial charge in [0.2, 0.25) is 5.95 Å². The SMILES string of the molecule is Cc1cnc(N)nc1NC1CCN(C2CC2)C1. The van der Waals surface area contributed by atoms with Gasteiger partial charge < -0.3 is 11.1 Å². The summed E-state index contributed by atoms with van der Waals surface area (Å²) in [7, 11) is 0. The van der Waals surface area contributed by atoms with Crippen molar-refractivity contribution in [3.05, 3.63) is 11.8 Å². The number of nitrogens with two attached hydrogens (primary N) is 1. The van der Waals surface area contributed by atoms with E-state index >= 15 is 0 Å². The second kappa shape index (κ2) is 4.14. The standard InChI is InChI=1S/C12H19N5/c1-8-6-14-12(13)16-11(8)15-9-4-5-17(7-9)10-2-3-10/h6,9-10H,2-5,7H2,1H3,(H3,13,14,15,16). The van der Waals surface area contributed by atoms with E-state index in [1.54, 1.807) is 6.20 Å². The molecule has 1 saturated carbocycles. The first kappa shape index (κ1) is 10.8. The molecular weight excluding hydrogens is 214 g/mol. The molecule has 0 amide bonds. The maximum Gasteiger partial charge on any atom is 0.221 e. The van der Waals surface area contributed by atoms with Crippen molar-refractivity contribution in [2.75, 3.05) is 24.1 Å². The van der Waals surface area contributed by atoms with Crippen molar-refractivity contribution >= 4 is 11.8 Å². The van der Waals surface area contributed by atoms with Gasteiger partial charge in [0.25, 0.3) is 0 Å². The molecule has 1 aromatic rings. The van der Waals surface area contributed by atoms with Gasteiger partial charge in [-0.25, -0.2) is 4.98 Å². The first-order chi connectivity index (χ1) is 8.22. The number of aromatic nitrogens is 2. The van der Waals surface area contributed by atoms with E-state index in [2.05, 4.69) is 20.2 Å². The zero-order valence-electron chi connectivity index (χ0n) is 10.2. The predicted molar refractivity (Wildman–Crippen MR) is 67.8 cm³/mol. The normalized spacial score (nSPS) is 25.1. The Morgan fingerprint density at radius 2 is 2.24 bits per heavy atom. The molecule has 0 aromatic carbocycles. The molecule has 1 unspecified atom stereocenters. The fraction of sp³-hybridized carbons (Fsp3) is 0.667. The van der Waals surface area contributed by atoms with Crippen LogP contribution in [-0.4, -0.2) is 40.0 Å². The molecule has 1 saturated heterocycles. The molecule has 2 heterocycles. The number of nitrogens with one attached hydrogen (secondary N) is 1. The number of aryl methyl sites for hydroxylation is 1. The van der Waals surface area contributed by atoms with Crippen molar-refractivity contribution in [3.63, 3.8) is 0 Å². The van der Waals surface area contributed by atoms with Crippen LogP contribution in [0.3, 0.4) is 0 Å². The topological polar surface area (TPSA) is 67.1 Å². The Bertz CT molecular complexity index is 415. The van der Waals surface area contributed by atoms with Crippen molar-refractivity contribution < 1.29 is 0 Å². The summed E-state index contributed by atoms with van der Waals surface area (Å²) >= 11 is 0.